The van der Waals surface area contributed by atoms with Crippen LogP contribution in [-0.4, -0.2) is 20.3 Å². The Balaban J connectivity index is 1.81. The van der Waals surface area contributed by atoms with Gasteiger partial charge in [-0.05, 0) is 30.7 Å². The van der Waals surface area contributed by atoms with Crippen molar-refractivity contribution in [3.8, 4) is 11.5 Å². The van der Waals surface area contributed by atoms with E-state index in [-0.39, 0.29) is 6.04 Å². The van der Waals surface area contributed by atoms with Crippen molar-refractivity contribution in [2.24, 2.45) is 0 Å². The molecule has 0 aromatic heterocycles. The van der Waals surface area contributed by atoms with Gasteiger partial charge in [0.2, 0.25) is 0 Å². The summed E-state index contributed by atoms with van der Waals surface area (Å²) in [6.07, 6.45) is 0. The van der Waals surface area contributed by atoms with Gasteiger partial charge in [0.15, 0.2) is 11.5 Å². The van der Waals surface area contributed by atoms with Gasteiger partial charge >= 0.3 is 0 Å². The fourth-order valence-corrected chi connectivity index (χ4v) is 2.41. The molecule has 2 aromatic rings. The highest BCUT2D eigenvalue weighted by molar-refractivity contribution is 6.31. The quantitative estimate of drug-likeness (QED) is 0.782. The molecule has 2 aromatic carbocycles. The van der Waals surface area contributed by atoms with Crippen molar-refractivity contribution in [3.05, 3.63) is 59.1 Å². The third-order valence-electron chi connectivity index (χ3n) is 3.25. The lowest BCUT2D eigenvalue weighted by Crippen LogP contribution is -2.24. The van der Waals surface area contributed by atoms with Crippen LogP contribution in [0.2, 0.25) is 5.02 Å². The minimum absolute atomic E-state index is 0.181. The molecular weight excluding hydrogens is 286 g/mol. The monoisotopic (exact) mass is 305 g/mol. The molecule has 0 fully saturated rings. The Hall–Kier alpha value is -1.71. The van der Waals surface area contributed by atoms with Crippen molar-refractivity contribution in [1.29, 1.82) is 0 Å². The van der Waals surface area contributed by atoms with Gasteiger partial charge in [0.1, 0.15) is 6.61 Å². The number of halogens is 1. The predicted octanol–water partition coefficient (Wildman–Crippen LogP) is 4.08. The molecule has 0 spiro atoms. The van der Waals surface area contributed by atoms with E-state index >= 15 is 0 Å². The van der Waals surface area contributed by atoms with Crippen molar-refractivity contribution in [3.63, 3.8) is 0 Å². The van der Waals surface area contributed by atoms with Gasteiger partial charge in [0.05, 0.1) is 7.11 Å². The van der Waals surface area contributed by atoms with Gasteiger partial charge in [-0.1, -0.05) is 41.9 Å². The van der Waals surface area contributed by atoms with Crippen molar-refractivity contribution in [2.45, 2.75) is 13.0 Å². The van der Waals surface area contributed by atoms with Crippen LogP contribution in [0, 0.1) is 0 Å². The fraction of sp³-hybridized carbons (Fsp3) is 0.294. The Bertz CT molecular complexity index is 574. The molecule has 2 rings (SSSR count). The number of hydrogen-bond acceptors (Lipinski definition) is 3. The summed E-state index contributed by atoms with van der Waals surface area (Å²) in [5.41, 5.74) is 1.09. The number of para-hydroxylation sites is 2. The van der Waals surface area contributed by atoms with Crippen LogP contribution in [0.4, 0.5) is 0 Å². The largest absolute Gasteiger partial charge is 0.493 e. The standard InChI is InChI=1S/C17H20ClNO2/c1-13(14-7-3-4-8-15(14)18)19-11-12-21-17-10-6-5-9-16(17)20-2/h3-10,13,19H,11-12H2,1-2H3/t13-/m1/s1. The highest BCUT2D eigenvalue weighted by atomic mass is 35.5. The average molecular weight is 306 g/mol. The molecule has 0 aliphatic carbocycles. The molecular formula is C17H20ClNO2. The smallest absolute Gasteiger partial charge is 0.161 e. The number of nitrogens with one attached hydrogen (secondary N) is 1. The highest BCUT2D eigenvalue weighted by Crippen LogP contribution is 2.25. The van der Waals surface area contributed by atoms with Crippen LogP contribution in [0.15, 0.2) is 48.5 Å². The summed E-state index contributed by atoms with van der Waals surface area (Å²) >= 11 is 6.18. The molecule has 0 radical (unpaired) electrons. The molecule has 1 atom stereocenters. The van der Waals surface area contributed by atoms with Gasteiger partial charge < -0.3 is 14.8 Å². The van der Waals surface area contributed by atoms with E-state index in [1.807, 2.05) is 48.5 Å². The molecule has 0 bridgehead atoms. The summed E-state index contributed by atoms with van der Waals surface area (Å²) in [4.78, 5) is 0. The predicted molar refractivity (Wildman–Crippen MR) is 86.4 cm³/mol. The van der Waals surface area contributed by atoms with Gasteiger partial charge in [-0.15, -0.1) is 0 Å². The van der Waals surface area contributed by atoms with E-state index in [9.17, 15) is 0 Å². The number of rotatable bonds is 7. The lowest BCUT2D eigenvalue weighted by molar-refractivity contribution is 0.288. The summed E-state index contributed by atoms with van der Waals surface area (Å²) in [5.74, 6) is 1.50. The molecule has 0 saturated carbocycles. The third kappa shape index (κ3) is 4.38. The van der Waals surface area contributed by atoms with Crippen LogP contribution in [-0.2, 0) is 0 Å². The van der Waals surface area contributed by atoms with Crippen LogP contribution in [0.25, 0.3) is 0 Å². The van der Waals surface area contributed by atoms with E-state index in [2.05, 4.69) is 12.2 Å². The molecule has 1 N–H and O–H groups in total. The Kier molecular flexibility index (Phi) is 5.90. The van der Waals surface area contributed by atoms with E-state index < -0.39 is 0 Å². The van der Waals surface area contributed by atoms with Crippen LogP contribution < -0.4 is 14.8 Å². The van der Waals surface area contributed by atoms with Crippen LogP contribution in [0.3, 0.4) is 0 Å². The Morgan fingerprint density at radius 2 is 1.71 bits per heavy atom. The number of hydrogen-bond donors (Lipinski definition) is 1. The fourth-order valence-electron chi connectivity index (χ4n) is 2.11. The maximum absolute atomic E-state index is 6.18. The van der Waals surface area contributed by atoms with Crippen molar-refractivity contribution in [2.75, 3.05) is 20.3 Å². The van der Waals surface area contributed by atoms with Crippen LogP contribution in [0.5, 0.6) is 11.5 Å². The zero-order valence-electron chi connectivity index (χ0n) is 12.3. The number of methoxy groups -OCH3 is 1. The Morgan fingerprint density at radius 3 is 2.43 bits per heavy atom. The first kappa shape index (κ1) is 15.7. The molecule has 21 heavy (non-hydrogen) atoms. The molecule has 112 valence electrons. The maximum Gasteiger partial charge on any atom is 0.161 e. The van der Waals surface area contributed by atoms with Gasteiger partial charge in [-0.3, -0.25) is 0 Å². The third-order valence-corrected chi connectivity index (χ3v) is 3.60. The van der Waals surface area contributed by atoms with Crippen molar-refractivity contribution >= 4 is 11.6 Å². The summed E-state index contributed by atoms with van der Waals surface area (Å²) in [5, 5.41) is 4.18. The van der Waals surface area contributed by atoms with Crippen molar-refractivity contribution in [1.82, 2.24) is 5.32 Å². The lowest BCUT2D eigenvalue weighted by atomic mass is 10.1. The van der Waals surface area contributed by atoms with E-state index in [1.54, 1.807) is 7.11 Å². The van der Waals surface area contributed by atoms with E-state index in [0.717, 1.165) is 28.6 Å². The van der Waals surface area contributed by atoms with Gasteiger partial charge in [0, 0.05) is 17.6 Å². The summed E-state index contributed by atoms with van der Waals surface area (Å²) in [6, 6.07) is 15.7. The van der Waals surface area contributed by atoms with Crippen molar-refractivity contribution < 1.29 is 9.47 Å². The Labute approximate surface area is 130 Å². The lowest BCUT2D eigenvalue weighted by Gasteiger charge is -2.16. The normalized spacial score (nSPS) is 12.0. The molecule has 0 amide bonds. The second-order valence-corrected chi connectivity index (χ2v) is 5.10. The molecule has 0 unspecified atom stereocenters. The molecule has 0 saturated heterocycles. The van der Waals surface area contributed by atoms with Gasteiger partial charge in [-0.2, -0.15) is 0 Å². The zero-order valence-corrected chi connectivity index (χ0v) is 13.1. The molecule has 0 aliphatic rings. The number of ether oxygens (including phenoxy) is 2. The second-order valence-electron chi connectivity index (χ2n) is 4.70. The first-order chi connectivity index (χ1) is 10.2. The average Bonchev–Trinajstić information content (AvgIpc) is 2.52. The van der Waals surface area contributed by atoms with Crippen LogP contribution in [0.1, 0.15) is 18.5 Å². The first-order valence-electron chi connectivity index (χ1n) is 6.96. The molecule has 0 aliphatic heterocycles. The molecule has 4 heteroatoms. The molecule has 0 heterocycles. The van der Waals surface area contributed by atoms with E-state index in [0.29, 0.717) is 6.61 Å². The van der Waals surface area contributed by atoms with E-state index in [4.69, 9.17) is 21.1 Å². The molecule has 3 nitrogen and oxygen atoms in total. The summed E-state index contributed by atoms with van der Waals surface area (Å²) in [7, 11) is 1.64. The topological polar surface area (TPSA) is 30.5 Å². The Morgan fingerprint density at radius 1 is 1.05 bits per heavy atom. The minimum atomic E-state index is 0.181. The van der Waals surface area contributed by atoms with Gasteiger partial charge in [-0.25, -0.2) is 0 Å². The zero-order chi connectivity index (χ0) is 15.1. The number of benzene rings is 2. The van der Waals surface area contributed by atoms with Gasteiger partial charge in [0.25, 0.3) is 0 Å². The first-order valence-corrected chi connectivity index (χ1v) is 7.34. The maximum atomic E-state index is 6.18. The summed E-state index contributed by atoms with van der Waals surface area (Å²) < 4.78 is 11.0. The van der Waals surface area contributed by atoms with E-state index in [1.165, 1.54) is 0 Å². The minimum Gasteiger partial charge on any atom is -0.493 e. The van der Waals surface area contributed by atoms with Crippen LogP contribution >= 0.6 is 11.6 Å². The summed E-state index contributed by atoms with van der Waals surface area (Å²) in [6.45, 7) is 3.38. The highest BCUT2D eigenvalue weighted by Gasteiger charge is 2.08. The SMILES string of the molecule is COc1ccccc1OCCN[C@H](C)c1ccccc1Cl. The second kappa shape index (κ2) is 7.91.